The number of imidazole rings is 1. The Bertz CT molecular complexity index is 1690. The van der Waals surface area contributed by atoms with Crippen molar-refractivity contribution in [3.63, 3.8) is 0 Å². The van der Waals surface area contributed by atoms with E-state index >= 15 is 0 Å². The molecule has 3 N–H and O–H groups in total. The maximum atomic E-state index is 13.1. The van der Waals surface area contributed by atoms with Crippen molar-refractivity contribution in [3.8, 4) is 17.0 Å². The Morgan fingerprint density at radius 3 is 2.76 bits per heavy atom. The van der Waals surface area contributed by atoms with E-state index in [-0.39, 0.29) is 41.7 Å². The third-order valence-electron chi connectivity index (χ3n) is 7.82. The van der Waals surface area contributed by atoms with E-state index in [4.69, 9.17) is 15.5 Å². The summed E-state index contributed by atoms with van der Waals surface area (Å²) in [6, 6.07) is 6.59. The number of nitrogens with one attached hydrogen (secondary N) is 1. The van der Waals surface area contributed by atoms with E-state index in [2.05, 4.69) is 15.3 Å². The van der Waals surface area contributed by atoms with Gasteiger partial charge in [0.05, 0.1) is 12.2 Å². The van der Waals surface area contributed by atoms with Gasteiger partial charge in [0.2, 0.25) is 5.91 Å². The van der Waals surface area contributed by atoms with Gasteiger partial charge in [-0.05, 0) is 56.5 Å². The van der Waals surface area contributed by atoms with Gasteiger partial charge in [-0.25, -0.2) is 15.0 Å². The summed E-state index contributed by atoms with van der Waals surface area (Å²) in [5.41, 5.74) is 7.24. The number of halogens is 3. The van der Waals surface area contributed by atoms with E-state index < -0.39 is 17.6 Å². The topological polar surface area (TPSA) is 128 Å². The van der Waals surface area contributed by atoms with E-state index in [0.717, 1.165) is 43.4 Å². The third kappa shape index (κ3) is 4.99. The van der Waals surface area contributed by atoms with Crippen LogP contribution in [0, 0.1) is 0 Å². The van der Waals surface area contributed by atoms with Gasteiger partial charge in [-0.2, -0.15) is 13.2 Å². The van der Waals surface area contributed by atoms with Crippen LogP contribution in [0.25, 0.3) is 16.8 Å². The SMILES string of the molecule is CCOc1cc(C(=O)Nc2cc(C(F)(F)F)ccn2)ccc1-c1nc(C2CC[C@H]3CCC(=O)N3C2)n2ccnc(N)c12. The lowest BCUT2D eigenvalue weighted by atomic mass is 9.92. The van der Waals surface area contributed by atoms with Crippen LogP contribution in [-0.4, -0.2) is 55.3 Å². The molecule has 0 saturated carbocycles. The highest BCUT2D eigenvalue weighted by Gasteiger charge is 2.38. The first-order valence-electron chi connectivity index (χ1n) is 13.7. The Morgan fingerprint density at radius 2 is 1.98 bits per heavy atom. The number of carbonyl (C=O) groups excluding carboxylic acids is 2. The Labute approximate surface area is 238 Å². The second-order valence-electron chi connectivity index (χ2n) is 10.4. The Balaban J connectivity index is 1.36. The largest absolute Gasteiger partial charge is 0.493 e. The first kappa shape index (κ1) is 27.5. The van der Waals surface area contributed by atoms with E-state index in [9.17, 15) is 22.8 Å². The average molecular weight is 580 g/mol. The number of aromatic nitrogens is 4. The molecule has 0 radical (unpaired) electrons. The van der Waals surface area contributed by atoms with Crippen LogP contribution >= 0.6 is 0 Å². The number of benzene rings is 1. The van der Waals surface area contributed by atoms with Crippen molar-refractivity contribution in [2.45, 2.75) is 50.7 Å². The number of anilines is 2. The molecule has 2 aliphatic rings. The van der Waals surface area contributed by atoms with Crippen LogP contribution in [0.4, 0.5) is 24.8 Å². The lowest BCUT2D eigenvalue weighted by molar-refractivity contribution is -0.137. The number of pyridine rings is 1. The van der Waals surface area contributed by atoms with Gasteiger partial charge in [0.15, 0.2) is 0 Å². The number of piperidine rings is 1. The van der Waals surface area contributed by atoms with Crippen molar-refractivity contribution < 1.29 is 27.5 Å². The lowest BCUT2D eigenvalue weighted by Gasteiger charge is -2.34. The number of nitrogens with zero attached hydrogens (tertiary/aromatic N) is 5. The maximum absolute atomic E-state index is 13.1. The number of hydrogen-bond donors (Lipinski definition) is 2. The van der Waals surface area contributed by atoms with Crippen molar-refractivity contribution in [2.75, 3.05) is 24.2 Å². The Morgan fingerprint density at radius 1 is 1.14 bits per heavy atom. The molecular weight excluding hydrogens is 551 g/mol. The van der Waals surface area contributed by atoms with Crippen LogP contribution in [0.5, 0.6) is 5.75 Å². The van der Waals surface area contributed by atoms with Crippen LogP contribution in [0.2, 0.25) is 0 Å². The van der Waals surface area contributed by atoms with E-state index in [1.807, 2.05) is 9.30 Å². The summed E-state index contributed by atoms with van der Waals surface area (Å²) in [5.74, 6) is 0.635. The number of hydrogen-bond acceptors (Lipinski definition) is 7. The van der Waals surface area contributed by atoms with Gasteiger partial charge >= 0.3 is 6.18 Å². The van der Waals surface area contributed by atoms with Gasteiger partial charge in [-0.3, -0.25) is 14.0 Å². The molecule has 4 aromatic rings. The predicted molar refractivity (Wildman–Crippen MR) is 148 cm³/mol. The van der Waals surface area contributed by atoms with E-state index in [1.54, 1.807) is 25.4 Å². The molecule has 1 unspecified atom stereocenters. The number of ether oxygens (including phenoxy) is 1. The fourth-order valence-electron chi connectivity index (χ4n) is 5.84. The van der Waals surface area contributed by atoms with Crippen LogP contribution in [0.15, 0.2) is 48.9 Å². The smallest absolute Gasteiger partial charge is 0.416 e. The van der Waals surface area contributed by atoms with Gasteiger partial charge in [-0.15, -0.1) is 0 Å². The maximum Gasteiger partial charge on any atom is 0.416 e. The standard InChI is InChI=1S/C29H28F3N7O3/c1-2-42-21-13-16(28(41)36-22-14-18(9-10-34-22)29(30,31)32)4-7-20(21)24-25-26(33)35-11-12-38(25)27(37-24)17-3-5-19-6-8-23(40)39(19)15-17/h4,7,9-14,17,19H,2-3,5-6,8,15H2,1H3,(H2,33,35)(H,34,36,41)/t17?,19-/m0/s1. The zero-order valence-corrected chi connectivity index (χ0v) is 22.7. The molecule has 0 spiro atoms. The fraction of sp³-hybridized carbons (Fsp3) is 0.345. The number of alkyl halides is 3. The number of nitrogens with two attached hydrogens (primary N) is 1. The van der Waals surface area contributed by atoms with Gasteiger partial charge < -0.3 is 20.7 Å². The molecule has 13 heteroatoms. The highest BCUT2D eigenvalue weighted by Crippen LogP contribution is 2.40. The highest BCUT2D eigenvalue weighted by atomic mass is 19.4. The summed E-state index contributed by atoms with van der Waals surface area (Å²) in [6.07, 6.45) is 3.03. The molecule has 2 fully saturated rings. The molecule has 5 heterocycles. The van der Waals surface area contributed by atoms with Gasteiger partial charge in [0.1, 0.15) is 34.4 Å². The number of fused-ring (bicyclic) bond motifs is 2. The lowest BCUT2D eigenvalue weighted by Crippen LogP contribution is -2.41. The van der Waals surface area contributed by atoms with Crippen LogP contribution in [0.3, 0.4) is 0 Å². The molecule has 3 aromatic heterocycles. The average Bonchev–Trinajstić information content (AvgIpc) is 3.54. The van der Waals surface area contributed by atoms with Gasteiger partial charge in [0.25, 0.3) is 5.91 Å². The minimum Gasteiger partial charge on any atom is -0.493 e. The Kier molecular flexibility index (Phi) is 6.95. The Hall–Kier alpha value is -4.68. The van der Waals surface area contributed by atoms with Crippen LogP contribution < -0.4 is 15.8 Å². The third-order valence-corrected chi connectivity index (χ3v) is 7.82. The van der Waals surface area contributed by atoms with Crippen molar-refractivity contribution in [3.05, 3.63) is 65.9 Å². The minimum absolute atomic E-state index is 0.00749. The molecule has 2 amide bonds. The van der Waals surface area contributed by atoms with E-state index in [1.165, 1.54) is 12.1 Å². The highest BCUT2D eigenvalue weighted by molar-refractivity contribution is 6.04. The molecule has 218 valence electrons. The molecule has 1 aromatic carbocycles. The molecule has 2 aliphatic heterocycles. The summed E-state index contributed by atoms with van der Waals surface area (Å²) in [5, 5.41) is 2.42. The number of rotatable bonds is 6. The molecule has 0 aliphatic carbocycles. The fourth-order valence-corrected chi connectivity index (χ4v) is 5.84. The number of nitrogen functional groups attached to an aromatic ring is 1. The molecule has 6 rings (SSSR count). The molecule has 10 nitrogen and oxygen atoms in total. The summed E-state index contributed by atoms with van der Waals surface area (Å²) in [7, 11) is 0. The first-order chi connectivity index (χ1) is 20.1. The summed E-state index contributed by atoms with van der Waals surface area (Å²) < 4.78 is 47.1. The summed E-state index contributed by atoms with van der Waals surface area (Å²) in [4.78, 5) is 40.6. The van der Waals surface area contributed by atoms with Crippen molar-refractivity contribution in [1.29, 1.82) is 0 Å². The van der Waals surface area contributed by atoms with Crippen LogP contribution in [-0.2, 0) is 11.0 Å². The second kappa shape index (κ2) is 10.6. The van der Waals surface area contributed by atoms with Crippen LogP contribution in [0.1, 0.15) is 60.3 Å². The van der Waals surface area contributed by atoms with Crippen molar-refractivity contribution in [1.82, 2.24) is 24.3 Å². The first-order valence-corrected chi connectivity index (χ1v) is 13.7. The summed E-state index contributed by atoms with van der Waals surface area (Å²) >= 11 is 0. The number of amides is 2. The van der Waals surface area contributed by atoms with Gasteiger partial charge in [0, 0.05) is 54.6 Å². The number of carbonyl (C=O) groups is 2. The molecular formula is C29H28F3N7O3. The van der Waals surface area contributed by atoms with E-state index in [0.29, 0.717) is 35.5 Å². The quantitative estimate of drug-likeness (QED) is 0.332. The monoisotopic (exact) mass is 579 g/mol. The normalized spacial score (nSPS) is 18.8. The minimum atomic E-state index is -4.57. The van der Waals surface area contributed by atoms with Crippen molar-refractivity contribution in [2.24, 2.45) is 0 Å². The van der Waals surface area contributed by atoms with Gasteiger partial charge in [-0.1, -0.05) is 0 Å². The summed E-state index contributed by atoms with van der Waals surface area (Å²) in [6.45, 7) is 2.65. The van der Waals surface area contributed by atoms with Crippen molar-refractivity contribution >= 4 is 29.0 Å². The zero-order valence-electron chi connectivity index (χ0n) is 22.7. The zero-order chi connectivity index (χ0) is 29.6. The molecule has 42 heavy (non-hydrogen) atoms. The molecule has 2 saturated heterocycles. The molecule has 0 bridgehead atoms. The second-order valence-corrected chi connectivity index (χ2v) is 10.4. The predicted octanol–water partition coefficient (Wildman–Crippen LogP) is 4.91. The molecule has 2 atom stereocenters.